The highest BCUT2D eigenvalue weighted by molar-refractivity contribution is 5.38. The van der Waals surface area contributed by atoms with Crippen LogP contribution in [0, 0.1) is 25.2 Å². The van der Waals surface area contributed by atoms with Gasteiger partial charge in [0.15, 0.2) is 0 Å². The quantitative estimate of drug-likeness (QED) is 0.913. The fourth-order valence-electron chi connectivity index (χ4n) is 3.02. The van der Waals surface area contributed by atoms with Gasteiger partial charge in [-0.05, 0) is 56.7 Å². The van der Waals surface area contributed by atoms with Gasteiger partial charge in [-0.1, -0.05) is 12.1 Å². The molecule has 0 bridgehead atoms. The Morgan fingerprint density at radius 3 is 2.80 bits per heavy atom. The molecular formula is C17H22N2O. The van der Waals surface area contributed by atoms with E-state index in [-0.39, 0.29) is 11.6 Å². The van der Waals surface area contributed by atoms with Gasteiger partial charge in [-0.3, -0.25) is 5.32 Å². The maximum Gasteiger partial charge on any atom is 0.122 e. The normalized spacial score (nSPS) is 29.1. The highest BCUT2D eigenvalue weighted by atomic mass is 16.5. The molecule has 0 spiro atoms. The third-order valence-electron chi connectivity index (χ3n) is 4.59. The van der Waals surface area contributed by atoms with Crippen molar-refractivity contribution in [1.29, 1.82) is 5.26 Å². The summed E-state index contributed by atoms with van der Waals surface area (Å²) >= 11 is 0. The minimum Gasteiger partial charge on any atom is -0.490 e. The van der Waals surface area contributed by atoms with Gasteiger partial charge in [0, 0.05) is 12.5 Å². The van der Waals surface area contributed by atoms with Gasteiger partial charge in [0.05, 0.1) is 6.07 Å². The van der Waals surface area contributed by atoms with Gasteiger partial charge in [-0.15, -0.1) is 0 Å². The average Bonchev–Trinajstić information content (AvgIpc) is 3.15. The van der Waals surface area contributed by atoms with E-state index in [1.807, 2.05) is 12.1 Å². The molecule has 2 atom stereocenters. The fourth-order valence-corrected chi connectivity index (χ4v) is 3.02. The van der Waals surface area contributed by atoms with Crippen molar-refractivity contribution in [3.63, 3.8) is 0 Å². The number of nitriles is 1. The topological polar surface area (TPSA) is 45.0 Å². The molecule has 2 aliphatic rings. The lowest BCUT2D eigenvalue weighted by Crippen LogP contribution is -2.43. The minimum atomic E-state index is -0.358. The summed E-state index contributed by atoms with van der Waals surface area (Å²) in [6.07, 6.45) is 5.24. The largest absolute Gasteiger partial charge is 0.490 e. The van der Waals surface area contributed by atoms with Crippen molar-refractivity contribution < 1.29 is 4.74 Å². The Morgan fingerprint density at radius 2 is 2.10 bits per heavy atom. The summed E-state index contributed by atoms with van der Waals surface area (Å²) in [6, 6.07) is 9.23. The van der Waals surface area contributed by atoms with Gasteiger partial charge >= 0.3 is 0 Å². The van der Waals surface area contributed by atoms with Crippen LogP contribution >= 0.6 is 0 Å². The summed E-state index contributed by atoms with van der Waals surface area (Å²) in [5.41, 5.74) is 2.10. The zero-order chi connectivity index (χ0) is 14.2. The number of hydrogen-bond acceptors (Lipinski definition) is 3. The minimum absolute atomic E-state index is 0.154. The van der Waals surface area contributed by atoms with Crippen LogP contribution in [0.5, 0.6) is 5.75 Å². The maximum atomic E-state index is 9.51. The Balaban J connectivity index is 1.67. The molecule has 0 aromatic heterocycles. The van der Waals surface area contributed by atoms with Crippen LogP contribution in [0.3, 0.4) is 0 Å². The second-order valence-corrected chi connectivity index (χ2v) is 6.29. The smallest absolute Gasteiger partial charge is 0.122 e. The first-order chi connectivity index (χ1) is 9.62. The summed E-state index contributed by atoms with van der Waals surface area (Å²) in [6.45, 7) is 4.20. The molecule has 2 saturated carbocycles. The number of ether oxygens (including phenoxy) is 1. The lowest BCUT2D eigenvalue weighted by molar-refractivity contribution is 0.199. The number of nitrogens with one attached hydrogen (secondary N) is 1. The molecule has 3 nitrogen and oxygen atoms in total. The Kier molecular flexibility index (Phi) is 3.43. The van der Waals surface area contributed by atoms with Crippen LogP contribution in [0.1, 0.15) is 43.2 Å². The second-order valence-electron chi connectivity index (χ2n) is 6.29. The van der Waals surface area contributed by atoms with Gasteiger partial charge in [-0.25, -0.2) is 0 Å². The Hall–Kier alpha value is -1.53. The summed E-state index contributed by atoms with van der Waals surface area (Å²) in [7, 11) is 0. The van der Waals surface area contributed by atoms with Gasteiger partial charge < -0.3 is 4.74 Å². The van der Waals surface area contributed by atoms with Crippen LogP contribution in [0.4, 0.5) is 0 Å². The van der Waals surface area contributed by atoms with E-state index in [1.165, 1.54) is 24.0 Å². The molecule has 1 aromatic carbocycles. The molecule has 1 N–H and O–H groups in total. The van der Waals surface area contributed by atoms with Gasteiger partial charge in [0.25, 0.3) is 0 Å². The average molecular weight is 270 g/mol. The van der Waals surface area contributed by atoms with Crippen LogP contribution in [-0.2, 0) is 0 Å². The van der Waals surface area contributed by atoms with E-state index >= 15 is 0 Å². The fraction of sp³-hybridized carbons (Fsp3) is 0.588. The van der Waals surface area contributed by atoms with Gasteiger partial charge in [0.2, 0.25) is 0 Å². The predicted octanol–water partition coefficient (Wildman–Crippen LogP) is 3.25. The first-order valence-corrected chi connectivity index (χ1v) is 7.54. The van der Waals surface area contributed by atoms with E-state index in [2.05, 4.69) is 31.3 Å². The molecule has 0 amide bonds. The molecule has 3 rings (SSSR count). The van der Waals surface area contributed by atoms with Crippen LogP contribution in [-0.4, -0.2) is 17.7 Å². The molecule has 106 valence electrons. The lowest BCUT2D eigenvalue weighted by Gasteiger charge is -2.23. The van der Waals surface area contributed by atoms with Crippen molar-refractivity contribution >= 4 is 0 Å². The van der Waals surface area contributed by atoms with Crippen molar-refractivity contribution in [3.05, 3.63) is 29.3 Å². The number of nitrogens with zero attached hydrogens (tertiary/aromatic N) is 1. The van der Waals surface area contributed by atoms with Crippen LogP contribution in [0.25, 0.3) is 0 Å². The monoisotopic (exact) mass is 270 g/mol. The molecule has 0 radical (unpaired) electrons. The van der Waals surface area contributed by atoms with E-state index in [0.29, 0.717) is 6.04 Å². The highest BCUT2D eigenvalue weighted by Crippen LogP contribution is 2.36. The SMILES string of the molecule is Cc1cccc(OC2CCC(C#N)(NC3CC3)C2)c1C. The zero-order valence-electron chi connectivity index (χ0n) is 12.3. The van der Waals surface area contributed by atoms with Crippen molar-refractivity contribution in [2.45, 2.75) is 63.6 Å². The standard InChI is InChI=1S/C17H22N2O/c1-12-4-3-5-16(13(12)2)20-15-8-9-17(10-15,11-18)19-14-6-7-14/h3-5,14-15,19H,6-10H2,1-2H3. The van der Waals surface area contributed by atoms with Crippen LogP contribution in [0.2, 0.25) is 0 Å². The third-order valence-corrected chi connectivity index (χ3v) is 4.59. The number of aryl methyl sites for hydroxylation is 1. The van der Waals surface area contributed by atoms with Crippen molar-refractivity contribution in [3.8, 4) is 11.8 Å². The Labute approximate surface area is 120 Å². The van der Waals surface area contributed by atoms with E-state index < -0.39 is 0 Å². The van der Waals surface area contributed by atoms with Crippen LogP contribution in [0.15, 0.2) is 18.2 Å². The molecule has 0 aliphatic heterocycles. The third kappa shape index (κ3) is 2.66. The summed E-state index contributed by atoms with van der Waals surface area (Å²) in [5, 5.41) is 13.0. The summed E-state index contributed by atoms with van der Waals surface area (Å²) in [4.78, 5) is 0. The van der Waals surface area contributed by atoms with E-state index in [9.17, 15) is 5.26 Å². The number of rotatable bonds is 4. The van der Waals surface area contributed by atoms with Gasteiger partial charge in [-0.2, -0.15) is 5.26 Å². The van der Waals surface area contributed by atoms with Crippen molar-refractivity contribution in [2.24, 2.45) is 0 Å². The molecule has 2 unspecified atom stereocenters. The predicted molar refractivity (Wildman–Crippen MR) is 78.7 cm³/mol. The molecule has 0 heterocycles. The molecule has 1 aromatic rings. The lowest BCUT2D eigenvalue weighted by atomic mass is 9.99. The van der Waals surface area contributed by atoms with E-state index in [1.54, 1.807) is 0 Å². The molecule has 20 heavy (non-hydrogen) atoms. The summed E-state index contributed by atoms with van der Waals surface area (Å²) < 4.78 is 6.15. The van der Waals surface area contributed by atoms with Gasteiger partial charge in [0.1, 0.15) is 17.4 Å². The first kappa shape index (κ1) is 13.5. The molecule has 3 heteroatoms. The molecular weight excluding hydrogens is 248 g/mol. The van der Waals surface area contributed by atoms with Crippen molar-refractivity contribution in [1.82, 2.24) is 5.32 Å². The number of hydrogen-bond donors (Lipinski definition) is 1. The van der Waals surface area contributed by atoms with Crippen molar-refractivity contribution in [2.75, 3.05) is 0 Å². The van der Waals surface area contributed by atoms with Crippen LogP contribution < -0.4 is 10.1 Å². The van der Waals surface area contributed by atoms with E-state index in [4.69, 9.17) is 4.74 Å². The molecule has 2 fully saturated rings. The second kappa shape index (κ2) is 5.10. The first-order valence-electron chi connectivity index (χ1n) is 7.54. The Bertz CT molecular complexity index is 544. The molecule has 2 aliphatic carbocycles. The van der Waals surface area contributed by atoms with E-state index in [0.717, 1.165) is 25.0 Å². The number of benzene rings is 1. The maximum absolute atomic E-state index is 9.51. The Morgan fingerprint density at radius 1 is 1.30 bits per heavy atom. The highest BCUT2D eigenvalue weighted by Gasteiger charge is 2.43. The summed E-state index contributed by atoms with van der Waals surface area (Å²) in [5.74, 6) is 0.968. The zero-order valence-corrected chi connectivity index (χ0v) is 12.3. The molecule has 0 saturated heterocycles.